The van der Waals surface area contributed by atoms with Crippen LogP contribution in [0.2, 0.25) is 0 Å². The molecule has 1 aliphatic carbocycles. The lowest BCUT2D eigenvalue weighted by molar-refractivity contribution is 0.263. The second-order valence-corrected chi connectivity index (χ2v) is 7.91. The molecular weight excluding hydrogens is 340 g/mol. The van der Waals surface area contributed by atoms with Gasteiger partial charge in [0.15, 0.2) is 0 Å². The summed E-state index contributed by atoms with van der Waals surface area (Å²) in [4.78, 5) is 10.3. The van der Waals surface area contributed by atoms with Crippen LogP contribution in [-0.2, 0) is 22.9 Å². The van der Waals surface area contributed by atoms with Crippen LogP contribution in [-0.4, -0.2) is 50.5 Å². The van der Waals surface area contributed by atoms with Gasteiger partial charge in [-0.05, 0) is 57.1 Å². The Morgan fingerprint density at radius 2 is 1.92 bits per heavy atom. The van der Waals surface area contributed by atoms with Gasteiger partial charge in [-0.1, -0.05) is 0 Å². The van der Waals surface area contributed by atoms with Gasteiger partial charge >= 0.3 is 0 Å². The highest BCUT2D eigenvalue weighted by molar-refractivity contribution is 7.92. The number of sulfonamides is 1. The fraction of sp³-hybridized carbons (Fsp3) is 0.412. The number of nitrogens with one attached hydrogen (secondary N) is 1. The van der Waals surface area contributed by atoms with Gasteiger partial charge in [0.1, 0.15) is 5.75 Å². The van der Waals surface area contributed by atoms with Crippen molar-refractivity contribution < 1.29 is 13.2 Å². The van der Waals surface area contributed by atoms with Gasteiger partial charge in [0.25, 0.3) is 10.0 Å². The summed E-state index contributed by atoms with van der Waals surface area (Å²) in [7, 11) is 1.93. The van der Waals surface area contributed by atoms with Crippen molar-refractivity contribution in [2.75, 3.05) is 25.9 Å². The van der Waals surface area contributed by atoms with Crippen molar-refractivity contribution in [3.63, 3.8) is 0 Å². The van der Waals surface area contributed by atoms with Crippen LogP contribution in [0, 0.1) is 0 Å². The molecule has 1 aromatic heterocycles. The maximum Gasteiger partial charge on any atom is 0.264 e. The van der Waals surface area contributed by atoms with Crippen molar-refractivity contribution in [2.24, 2.45) is 0 Å². The van der Waals surface area contributed by atoms with Gasteiger partial charge in [0, 0.05) is 24.0 Å². The number of anilines is 1. The summed E-state index contributed by atoms with van der Waals surface area (Å²) in [6, 6.07) is 5.31. The zero-order valence-electron chi connectivity index (χ0n) is 14.6. The van der Waals surface area contributed by atoms with E-state index >= 15 is 0 Å². The summed E-state index contributed by atoms with van der Waals surface area (Å²) >= 11 is 0. The largest absolute Gasteiger partial charge is 0.496 e. The van der Waals surface area contributed by atoms with Crippen LogP contribution in [0.1, 0.15) is 17.5 Å². The minimum atomic E-state index is -3.76. The number of hydrogen-bond acceptors (Lipinski definition) is 6. The van der Waals surface area contributed by atoms with Gasteiger partial charge < -0.3 is 9.64 Å². The first-order chi connectivity index (χ1) is 11.9. The molecular formula is C17H22N4O3S. The molecule has 1 aromatic carbocycles. The zero-order chi connectivity index (χ0) is 18.0. The normalized spacial score (nSPS) is 17.2. The molecule has 1 N–H and O–H groups in total. The summed E-state index contributed by atoms with van der Waals surface area (Å²) in [6.07, 6.45) is 5.33. The van der Waals surface area contributed by atoms with Crippen LogP contribution in [0.15, 0.2) is 35.5 Å². The van der Waals surface area contributed by atoms with Crippen LogP contribution in [0.5, 0.6) is 5.75 Å². The van der Waals surface area contributed by atoms with Crippen molar-refractivity contribution in [1.82, 2.24) is 14.9 Å². The third kappa shape index (κ3) is 3.59. The third-order valence-corrected chi connectivity index (χ3v) is 5.96. The van der Waals surface area contributed by atoms with E-state index in [9.17, 15) is 8.42 Å². The Bertz CT molecular complexity index is 854. The molecule has 134 valence electrons. The summed E-state index contributed by atoms with van der Waals surface area (Å²) < 4.78 is 33.6. The Hall–Kier alpha value is -2.19. The average Bonchev–Trinajstić information content (AvgIpc) is 2.60. The fourth-order valence-corrected chi connectivity index (χ4v) is 4.46. The fourth-order valence-electron chi connectivity index (χ4n) is 3.21. The quantitative estimate of drug-likeness (QED) is 0.872. The molecule has 1 heterocycles. The average molecular weight is 362 g/mol. The van der Waals surface area contributed by atoms with Gasteiger partial charge in [0.05, 0.1) is 12.0 Å². The van der Waals surface area contributed by atoms with E-state index in [1.54, 1.807) is 25.3 Å². The third-order valence-electron chi connectivity index (χ3n) is 4.54. The molecule has 3 rings (SSSR count). The van der Waals surface area contributed by atoms with Crippen molar-refractivity contribution in [3.8, 4) is 5.75 Å². The highest BCUT2D eigenvalue weighted by Gasteiger charge is 2.29. The molecule has 7 nitrogen and oxygen atoms in total. The number of fused-ring (bicyclic) bond motifs is 1. The van der Waals surface area contributed by atoms with E-state index < -0.39 is 10.0 Å². The molecule has 0 spiro atoms. The highest BCUT2D eigenvalue weighted by Crippen LogP contribution is 2.35. The minimum Gasteiger partial charge on any atom is -0.496 e. The number of methoxy groups -OCH3 is 1. The number of benzene rings is 1. The number of aromatic nitrogens is 2. The molecule has 0 bridgehead atoms. The van der Waals surface area contributed by atoms with Crippen LogP contribution < -0.4 is 9.46 Å². The Balaban J connectivity index is 2.02. The molecule has 1 atom stereocenters. The molecule has 0 saturated heterocycles. The van der Waals surface area contributed by atoms with Gasteiger partial charge in [-0.25, -0.2) is 23.1 Å². The predicted molar refractivity (Wildman–Crippen MR) is 95.3 cm³/mol. The summed E-state index contributed by atoms with van der Waals surface area (Å²) in [5.41, 5.74) is 1.78. The van der Waals surface area contributed by atoms with Crippen molar-refractivity contribution >= 4 is 16.0 Å². The van der Waals surface area contributed by atoms with E-state index in [-0.39, 0.29) is 10.8 Å². The van der Waals surface area contributed by atoms with Crippen molar-refractivity contribution in [1.29, 1.82) is 0 Å². The molecule has 0 amide bonds. The summed E-state index contributed by atoms with van der Waals surface area (Å²) in [5.74, 6) is 0.797. The second kappa shape index (κ2) is 6.97. The van der Waals surface area contributed by atoms with Gasteiger partial charge in [0.2, 0.25) is 5.95 Å². The maximum atomic E-state index is 12.8. The molecule has 0 saturated carbocycles. The van der Waals surface area contributed by atoms with E-state index in [0.717, 1.165) is 29.7 Å². The number of ether oxygens (including phenoxy) is 1. The first-order valence-electron chi connectivity index (χ1n) is 8.07. The standard InChI is InChI=1S/C17H22N4O3S/c1-21(2)12-5-6-13-14(11-12)15(24-3)7-8-16(13)25(22,23)20-17-18-9-4-10-19-17/h4,7-10,12H,5-6,11H2,1-3H3,(H,18,19,20)/t12-/m0/s1. The number of rotatable bonds is 5. The van der Waals surface area contributed by atoms with E-state index in [2.05, 4.69) is 19.6 Å². The molecule has 0 aliphatic heterocycles. The lowest BCUT2D eigenvalue weighted by Crippen LogP contribution is -2.34. The van der Waals surface area contributed by atoms with E-state index in [1.165, 1.54) is 12.4 Å². The highest BCUT2D eigenvalue weighted by atomic mass is 32.2. The molecule has 0 unspecified atom stereocenters. The molecule has 2 aromatic rings. The van der Waals surface area contributed by atoms with Crippen molar-refractivity contribution in [3.05, 3.63) is 41.7 Å². The van der Waals surface area contributed by atoms with Gasteiger partial charge in [-0.2, -0.15) is 0 Å². The Kier molecular flexibility index (Phi) is 4.91. The van der Waals surface area contributed by atoms with Gasteiger partial charge in [-0.15, -0.1) is 0 Å². The topological polar surface area (TPSA) is 84.4 Å². The van der Waals surface area contributed by atoms with Crippen LogP contribution in [0.25, 0.3) is 0 Å². The monoisotopic (exact) mass is 362 g/mol. The van der Waals surface area contributed by atoms with E-state index in [1.807, 2.05) is 14.1 Å². The first-order valence-corrected chi connectivity index (χ1v) is 9.55. The van der Waals surface area contributed by atoms with E-state index in [4.69, 9.17) is 4.74 Å². The lowest BCUT2D eigenvalue weighted by atomic mass is 9.87. The van der Waals surface area contributed by atoms with Crippen LogP contribution in [0.4, 0.5) is 5.95 Å². The summed E-state index contributed by atoms with van der Waals surface area (Å²) in [6.45, 7) is 0. The number of likely N-dealkylation sites (N-methyl/N-ethyl adjacent to an activating group) is 1. The van der Waals surface area contributed by atoms with Gasteiger partial charge in [-0.3, -0.25) is 0 Å². The van der Waals surface area contributed by atoms with Crippen molar-refractivity contribution in [2.45, 2.75) is 30.2 Å². The zero-order valence-corrected chi connectivity index (χ0v) is 15.4. The second-order valence-electron chi connectivity index (χ2n) is 6.26. The SMILES string of the molecule is COc1ccc(S(=O)(=O)Nc2ncccn2)c2c1C[C@@H](N(C)C)CC2. The summed E-state index contributed by atoms with van der Waals surface area (Å²) in [5, 5.41) is 0. The molecule has 8 heteroatoms. The predicted octanol–water partition coefficient (Wildman–Crippen LogP) is 1.70. The Morgan fingerprint density at radius 3 is 2.56 bits per heavy atom. The Morgan fingerprint density at radius 1 is 1.20 bits per heavy atom. The molecule has 1 aliphatic rings. The maximum absolute atomic E-state index is 12.8. The van der Waals surface area contributed by atoms with Crippen LogP contribution >= 0.6 is 0 Å². The molecule has 0 radical (unpaired) electrons. The number of hydrogen-bond donors (Lipinski definition) is 1. The molecule has 25 heavy (non-hydrogen) atoms. The number of nitrogens with zero attached hydrogens (tertiary/aromatic N) is 3. The Labute approximate surface area is 148 Å². The van der Waals surface area contributed by atoms with E-state index in [0.29, 0.717) is 12.5 Å². The minimum absolute atomic E-state index is 0.0639. The lowest BCUT2D eigenvalue weighted by Gasteiger charge is -2.31. The first kappa shape index (κ1) is 17.6. The molecule has 0 fully saturated rings. The smallest absolute Gasteiger partial charge is 0.264 e. The van der Waals surface area contributed by atoms with Crippen LogP contribution in [0.3, 0.4) is 0 Å².